The highest BCUT2D eigenvalue weighted by Crippen LogP contribution is 2.14. The number of hydrogen-bond acceptors (Lipinski definition) is 2. The Morgan fingerprint density at radius 1 is 1.32 bits per heavy atom. The maximum Gasteiger partial charge on any atom is 0.305 e. The van der Waals surface area contributed by atoms with Crippen LogP contribution in [0.4, 0.5) is 8.78 Å². The van der Waals surface area contributed by atoms with Crippen molar-refractivity contribution in [1.82, 2.24) is 5.32 Å². The molecule has 0 bridgehead atoms. The Bertz CT molecular complexity index is 503. The molecule has 0 spiro atoms. The van der Waals surface area contributed by atoms with Crippen LogP contribution in [0.25, 0.3) is 0 Å². The lowest BCUT2D eigenvalue weighted by Gasteiger charge is -2.15. The standard InChI is InChI=1S/C13H15F2NO3/c1-3-8(5-12(17)18)16-13(19)9-4-7(2)10(14)6-11(9)15/h4,6,8H,3,5H2,1-2H3,(H,16,19)(H,17,18). The minimum Gasteiger partial charge on any atom is -0.481 e. The molecule has 0 aromatic heterocycles. The number of carboxylic acids is 1. The van der Waals surface area contributed by atoms with Crippen LogP contribution >= 0.6 is 0 Å². The Hall–Kier alpha value is -1.98. The van der Waals surface area contributed by atoms with Crippen LogP contribution in [0, 0.1) is 18.6 Å². The van der Waals surface area contributed by atoms with Crippen LogP contribution in [0.3, 0.4) is 0 Å². The molecule has 104 valence electrons. The van der Waals surface area contributed by atoms with E-state index in [1.54, 1.807) is 6.92 Å². The van der Waals surface area contributed by atoms with E-state index in [-0.39, 0.29) is 17.5 Å². The quantitative estimate of drug-likeness (QED) is 0.863. The summed E-state index contributed by atoms with van der Waals surface area (Å²) in [5.74, 6) is -3.49. The predicted octanol–water partition coefficient (Wildman–Crippen LogP) is 2.26. The van der Waals surface area contributed by atoms with Crippen LogP contribution in [0.5, 0.6) is 0 Å². The monoisotopic (exact) mass is 271 g/mol. The molecule has 1 unspecified atom stereocenters. The molecule has 1 aromatic carbocycles. The fourth-order valence-electron chi connectivity index (χ4n) is 1.60. The van der Waals surface area contributed by atoms with Crippen LogP contribution < -0.4 is 5.32 Å². The number of amides is 1. The van der Waals surface area contributed by atoms with Crippen LogP contribution in [-0.2, 0) is 4.79 Å². The van der Waals surface area contributed by atoms with Crippen molar-refractivity contribution in [2.24, 2.45) is 0 Å². The lowest BCUT2D eigenvalue weighted by molar-refractivity contribution is -0.137. The first kappa shape index (κ1) is 15.1. The highest BCUT2D eigenvalue weighted by Gasteiger charge is 2.19. The zero-order valence-corrected chi connectivity index (χ0v) is 10.7. The number of hydrogen-bond donors (Lipinski definition) is 2. The predicted molar refractivity (Wildman–Crippen MR) is 64.9 cm³/mol. The van der Waals surface area contributed by atoms with E-state index >= 15 is 0 Å². The van der Waals surface area contributed by atoms with Gasteiger partial charge in [-0.25, -0.2) is 8.78 Å². The van der Waals surface area contributed by atoms with Gasteiger partial charge in [0.15, 0.2) is 0 Å². The molecule has 1 rings (SSSR count). The zero-order valence-electron chi connectivity index (χ0n) is 10.7. The molecule has 4 nitrogen and oxygen atoms in total. The number of carboxylic acid groups (broad SMARTS) is 1. The summed E-state index contributed by atoms with van der Waals surface area (Å²) >= 11 is 0. The summed E-state index contributed by atoms with van der Waals surface area (Å²) in [7, 11) is 0. The van der Waals surface area contributed by atoms with Crippen LogP contribution in [-0.4, -0.2) is 23.0 Å². The number of nitrogens with one attached hydrogen (secondary N) is 1. The lowest BCUT2D eigenvalue weighted by atomic mass is 10.1. The molecule has 0 aliphatic rings. The van der Waals surface area contributed by atoms with Gasteiger partial charge in [-0.15, -0.1) is 0 Å². The largest absolute Gasteiger partial charge is 0.481 e. The number of carbonyl (C=O) groups excluding carboxylic acids is 1. The average Bonchev–Trinajstić information content (AvgIpc) is 2.32. The Labute approximate surface area is 109 Å². The molecule has 0 saturated heterocycles. The highest BCUT2D eigenvalue weighted by molar-refractivity contribution is 5.95. The van der Waals surface area contributed by atoms with Gasteiger partial charge in [0.2, 0.25) is 0 Å². The Morgan fingerprint density at radius 3 is 2.47 bits per heavy atom. The van der Waals surface area contributed by atoms with Gasteiger partial charge in [0.1, 0.15) is 11.6 Å². The van der Waals surface area contributed by atoms with E-state index in [1.807, 2.05) is 0 Å². The molecule has 1 amide bonds. The molecule has 0 aliphatic carbocycles. The van der Waals surface area contributed by atoms with E-state index in [2.05, 4.69) is 5.32 Å². The molecular formula is C13H15F2NO3. The summed E-state index contributed by atoms with van der Waals surface area (Å²) in [6.45, 7) is 3.13. The van der Waals surface area contributed by atoms with Gasteiger partial charge < -0.3 is 10.4 Å². The number of rotatable bonds is 5. The van der Waals surface area contributed by atoms with Gasteiger partial charge >= 0.3 is 5.97 Å². The normalized spacial score (nSPS) is 12.0. The van der Waals surface area contributed by atoms with Crippen LogP contribution in [0.1, 0.15) is 35.7 Å². The second-order valence-corrected chi connectivity index (χ2v) is 4.26. The van der Waals surface area contributed by atoms with Gasteiger partial charge in [0, 0.05) is 12.1 Å². The molecule has 1 atom stereocenters. The van der Waals surface area contributed by atoms with Crippen molar-refractivity contribution in [3.05, 3.63) is 34.9 Å². The second-order valence-electron chi connectivity index (χ2n) is 4.26. The Balaban J connectivity index is 2.88. The topological polar surface area (TPSA) is 66.4 Å². The Morgan fingerprint density at radius 2 is 1.95 bits per heavy atom. The fraction of sp³-hybridized carbons (Fsp3) is 0.385. The van der Waals surface area contributed by atoms with Gasteiger partial charge in [0.05, 0.1) is 12.0 Å². The first-order valence-corrected chi connectivity index (χ1v) is 5.83. The van der Waals surface area contributed by atoms with Gasteiger partial charge in [-0.05, 0) is 25.0 Å². The maximum absolute atomic E-state index is 13.5. The van der Waals surface area contributed by atoms with E-state index in [9.17, 15) is 18.4 Å². The minimum absolute atomic E-state index is 0.151. The van der Waals surface area contributed by atoms with Crippen molar-refractivity contribution >= 4 is 11.9 Å². The third-order valence-corrected chi connectivity index (χ3v) is 2.74. The van der Waals surface area contributed by atoms with Crippen molar-refractivity contribution in [1.29, 1.82) is 0 Å². The minimum atomic E-state index is -1.05. The van der Waals surface area contributed by atoms with Crippen molar-refractivity contribution < 1.29 is 23.5 Å². The molecule has 2 N–H and O–H groups in total. The van der Waals surface area contributed by atoms with Crippen molar-refractivity contribution in [2.75, 3.05) is 0 Å². The van der Waals surface area contributed by atoms with E-state index in [0.29, 0.717) is 12.5 Å². The summed E-state index contributed by atoms with van der Waals surface area (Å²) in [6.07, 6.45) is 0.157. The number of aliphatic carboxylic acids is 1. The van der Waals surface area contributed by atoms with Crippen molar-refractivity contribution in [2.45, 2.75) is 32.7 Å². The molecule has 0 heterocycles. The van der Waals surface area contributed by atoms with Crippen molar-refractivity contribution in [3.8, 4) is 0 Å². The summed E-state index contributed by atoms with van der Waals surface area (Å²) in [6, 6.07) is 1.16. The molecule has 6 heteroatoms. The molecule has 0 saturated carbocycles. The second kappa shape index (κ2) is 6.26. The molecule has 0 fully saturated rings. The van der Waals surface area contributed by atoms with Gasteiger partial charge in [-0.3, -0.25) is 9.59 Å². The van der Waals surface area contributed by atoms with E-state index in [1.165, 1.54) is 6.92 Å². The SMILES string of the molecule is CCC(CC(=O)O)NC(=O)c1cc(C)c(F)cc1F. The zero-order chi connectivity index (χ0) is 14.6. The summed E-state index contributed by atoms with van der Waals surface area (Å²) in [4.78, 5) is 22.4. The average molecular weight is 271 g/mol. The number of benzene rings is 1. The van der Waals surface area contributed by atoms with Crippen LogP contribution in [0.2, 0.25) is 0 Å². The molecule has 1 aromatic rings. The summed E-state index contributed by atoms with van der Waals surface area (Å²) in [5, 5.41) is 11.1. The third-order valence-electron chi connectivity index (χ3n) is 2.74. The smallest absolute Gasteiger partial charge is 0.305 e. The van der Waals surface area contributed by atoms with Gasteiger partial charge in [-0.1, -0.05) is 6.92 Å². The molecule has 19 heavy (non-hydrogen) atoms. The molecule has 0 radical (unpaired) electrons. The summed E-state index contributed by atoms with van der Waals surface area (Å²) in [5.41, 5.74) is -0.138. The number of aryl methyl sites for hydroxylation is 1. The lowest BCUT2D eigenvalue weighted by Crippen LogP contribution is -2.36. The van der Waals surface area contributed by atoms with Crippen molar-refractivity contribution in [3.63, 3.8) is 0 Å². The molecular weight excluding hydrogens is 256 g/mol. The van der Waals surface area contributed by atoms with Gasteiger partial charge in [-0.2, -0.15) is 0 Å². The number of halogens is 2. The first-order chi connectivity index (χ1) is 8.85. The van der Waals surface area contributed by atoms with E-state index in [4.69, 9.17) is 5.11 Å². The Kier molecular flexibility index (Phi) is 4.97. The summed E-state index contributed by atoms with van der Waals surface area (Å²) < 4.78 is 26.6. The first-order valence-electron chi connectivity index (χ1n) is 5.83. The van der Waals surface area contributed by atoms with Crippen LogP contribution in [0.15, 0.2) is 12.1 Å². The molecule has 0 aliphatic heterocycles. The van der Waals surface area contributed by atoms with Gasteiger partial charge in [0.25, 0.3) is 5.91 Å². The van der Waals surface area contributed by atoms with E-state index in [0.717, 1.165) is 6.07 Å². The number of carbonyl (C=O) groups is 2. The highest BCUT2D eigenvalue weighted by atomic mass is 19.1. The third kappa shape index (κ3) is 4.01. The van der Waals surface area contributed by atoms with E-state index < -0.39 is 29.6 Å². The maximum atomic E-state index is 13.5. The fourth-order valence-corrected chi connectivity index (χ4v) is 1.60.